The van der Waals surface area contributed by atoms with E-state index in [4.69, 9.17) is 11.6 Å². The minimum absolute atomic E-state index is 0.122. The highest BCUT2D eigenvalue weighted by Crippen LogP contribution is 2.18. The molecule has 144 valence electrons. The van der Waals surface area contributed by atoms with Gasteiger partial charge in [0.15, 0.2) is 0 Å². The first-order valence-corrected chi connectivity index (χ1v) is 9.66. The van der Waals surface area contributed by atoms with Gasteiger partial charge in [-0.15, -0.1) is 0 Å². The molecule has 2 aromatic carbocycles. The number of nitrogens with one attached hydrogen (secondary N) is 1. The van der Waals surface area contributed by atoms with Crippen LogP contribution in [0.2, 0.25) is 5.02 Å². The quantitative estimate of drug-likeness (QED) is 0.741. The first-order chi connectivity index (χ1) is 12.9. The molecule has 2 aromatic rings. The van der Waals surface area contributed by atoms with Crippen molar-refractivity contribution in [3.05, 3.63) is 70.2 Å². The first-order valence-electron chi connectivity index (χ1n) is 9.28. The van der Waals surface area contributed by atoms with Crippen molar-refractivity contribution in [1.29, 1.82) is 0 Å². The largest absolute Gasteiger partial charge is 0.354 e. The number of nitrogens with zero attached hydrogens (tertiary/aromatic N) is 1. The Hall–Kier alpha value is -2.33. The molecule has 5 heteroatoms. The van der Waals surface area contributed by atoms with Crippen molar-refractivity contribution in [3.8, 4) is 0 Å². The van der Waals surface area contributed by atoms with Gasteiger partial charge >= 0.3 is 0 Å². The van der Waals surface area contributed by atoms with Crippen LogP contribution in [-0.4, -0.2) is 29.3 Å². The summed E-state index contributed by atoms with van der Waals surface area (Å²) < 4.78 is 0. The number of hydrogen-bond donors (Lipinski definition) is 1. The summed E-state index contributed by atoms with van der Waals surface area (Å²) in [7, 11) is 0. The van der Waals surface area contributed by atoms with Gasteiger partial charge in [-0.05, 0) is 37.5 Å². The number of carbonyl (C=O) groups excluding carboxylic acids is 2. The summed E-state index contributed by atoms with van der Waals surface area (Å²) in [5, 5.41) is 3.44. The Kier molecular flexibility index (Phi) is 7.86. The zero-order valence-electron chi connectivity index (χ0n) is 16.2. The lowest BCUT2D eigenvalue weighted by molar-refractivity contribution is -0.140. The summed E-state index contributed by atoms with van der Waals surface area (Å²) in [5.74, 6) is -0.265. The number of aryl methyl sites for hydroxylation is 1. The molecule has 2 amide bonds. The van der Waals surface area contributed by atoms with Crippen molar-refractivity contribution in [2.45, 2.75) is 46.2 Å². The zero-order chi connectivity index (χ0) is 19.8. The highest BCUT2D eigenvalue weighted by atomic mass is 35.5. The molecule has 0 saturated heterocycles. The van der Waals surface area contributed by atoms with Crippen LogP contribution >= 0.6 is 11.6 Å². The van der Waals surface area contributed by atoms with Crippen LogP contribution in [0.5, 0.6) is 0 Å². The van der Waals surface area contributed by atoms with Crippen LogP contribution in [0.3, 0.4) is 0 Å². The molecule has 0 unspecified atom stereocenters. The van der Waals surface area contributed by atoms with E-state index in [1.54, 1.807) is 17.9 Å². The van der Waals surface area contributed by atoms with Crippen LogP contribution in [0.25, 0.3) is 0 Å². The Morgan fingerprint density at radius 2 is 1.78 bits per heavy atom. The van der Waals surface area contributed by atoms with Gasteiger partial charge in [0.1, 0.15) is 6.04 Å². The van der Waals surface area contributed by atoms with Crippen molar-refractivity contribution in [2.24, 2.45) is 0 Å². The highest BCUT2D eigenvalue weighted by molar-refractivity contribution is 6.31. The number of hydrogen-bond acceptors (Lipinski definition) is 2. The molecule has 0 saturated carbocycles. The third kappa shape index (κ3) is 6.10. The molecule has 1 N–H and O–H groups in total. The second kappa shape index (κ2) is 10.1. The molecule has 2 rings (SSSR count). The Bertz CT molecular complexity index is 774. The standard InChI is InChI=1S/C22H27ClN2O2/c1-4-13-24-22(27)17(3)25(15-18-11-9-16(2)10-12-18)21(26)14-19-7-5-6-8-20(19)23/h5-12,17H,4,13-15H2,1-3H3,(H,24,27)/t17-/m1/s1. The topological polar surface area (TPSA) is 49.4 Å². The molecule has 0 aliphatic rings. The van der Waals surface area contributed by atoms with Crippen LogP contribution < -0.4 is 5.32 Å². The maximum atomic E-state index is 13.0. The van der Waals surface area contributed by atoms with Crippen LogP contribution in [-0.2, 0) is 22.6 Å². The number of carbonyl (C=O) groups is 2. The fourth-order valence-electron chi connectivity index (χ4n) is 2.77. The summed E-state index contributed by atoms with van der Waals surface area (Å²) in [6.45, 7) is 6.76. The van der Waals surface area contributed by atoms with Crippen molar-refractivity contribution in [2.75, 3.05) is 6.54 Å². The van der Waals surface area contributed by atoms with Gasteiger partial charge in [-0.1, -0.05) is 66.6 Å². The van der Waals surface area contributed by atoms with Gasteiger partial charge in [-0.3, -0.25) is 9.59 Å². The molecule has 0 spiro atoms. The average molecular weight is 387 g/mol. The molecule has 0 bridgehead atoms. The molecule has 0 aliphatic carbocycles. The first kappa shape index (κ1) is 21.0. The molecule has 0 heterocycles. The van der Waals surface area contributed by atoms with E-state index in [0.717, 1.165) is 23.1 Å². The van der Waals surface area contributed by atoms with E-state index < -0.39 is 6.04 Å². The summed E-state index contributed by atoms with van der Waals surface area (Å²) in [5.41, 5.74) is 2.91. The zero-order valence-corrected chi connectivity index (χ0v) is 16.9. The van der Waals surface area contributed by atoms with Gasteiger partial charge in [-0.25, -0.2) is 0 Å². The predicted molar refractivity (Wildman–Crippen MR) is 110 cm³/mol. The summed E-state index contributed by atoms with van der Waals surface area (Å²) >= 11 is 6.21. The van der Waals surface area contributed by atoms with Crippen LogP contribution in [0.15, 0.2) is 48.5 Å². The van der Waals surface area contributed by atoms with Gasteiger partial charge in [-0.2, -0.15) is 0 Å². The smallest absolute Gasteiger partial charge is 0.242 e. The van der Waals surface area contributed by atoms with Crippen molar-refractivity contribution in [3.63, 3.8) is 0 Å². The number of halogens is 1. The van der Waals surface area contributed by atoms with Crippen molar-refractivity contribution in [1.82, 2.24) is 10.2 Å². The average Bonchev–Trinajstić information content (AvgIpc) is 2.66. The monoisotopic (exact) mass is 386 g/mol. The van der Waals surface area contributed by atoms with Gasteiger partial charge in [0.2, 0.25) is 11.8 Å². The second-order valence-corrected chi connectivity index (χ2v) is 7.15. The van der Waals surface area contributed by atoms with E-state index >= 15 is 0 Å². The maximum Gasteiger partial charge on any atom is 0.242 e. The van der Waals surface area contributed by atoms with E-state index in [1.807, 2.05) is 56.3 Å². The number of rotatable bonds is 8. The van der Waals surface area contributed by atoms with E-state index in [9.17, 15) is 9.59 Å². The minimum Gasteiger partial charge on any atom is -0.354 e. The number of amides is 2. The minimum atomic E-state index is -0.562. The third-order valence-corrected chi connectivity index (χ3v) is 4.86. The Morgan fingerprint density at radius 3 is 2.41 bits per heavy atom. The maximum absolute atomic E-state index is 13.0. The van der Waals surface area contributed by atoms with Crippen molar-refractivity contribution < 1.29 is 9.59 Å². The normalized spacial score (nSPS) is 11.7. The predicted octanol–water partition coefficient (Wildman–Crippen LogP) is 4.13. The van der Waals surface area contributed by atoms with E-state index in [-0.39, 0.29) is 18.2 Å². The molecule has 0 aromatic heterocycles. The highest BCUT2D eigenvalue weighted by Gasteiger charge is 2.26. The van der Waals surface area contributed by atoms with Gasteiger partial charge in [0, 0.05) is 18.1 Å². The summed E-state index contributed by atoms with van der Waals surface area (Å²) in [4.78, 5) is 27.1. The van der Waals surface area contributed by atoms with Crippen LogP contribution in [0, 0.1) is 6.92 Å². The molecule has 27 heavy (non-hydrogen) atoms. The van der Waals surface area contributed by atoms with Crippen LogP contribution in [0.4, 0.5) is 0 Å². The lowest BCUT2D eigenvalue weighted by Gasteiger charge is -2.29. The van der Waals surface area contributed by atoms with Gasteiger partial charge in [0.05, 0.1) is 6.42 Å². The van der Waals surface area contributed by atoms with E-state index in [2.05, 4.69) is 5.32 Å². The van der Waals surface area contributed by atoms with Gasteiger partial charge in [0.25, 0.3) is 0 Å². The van der Waals surface area contributed by atoms with Crippen LogP contribution in [0.1, 0.15) is 37.0 Å². The molecular formula is C22H27ClN2O2. The lowest BCUT2D eigenvalue weighted by Crippen LogP contribution is -2.48. The lowest BCUT2D eigenvalue weighted by atomic mass is 10.1. The Balaban J connectivity index is 2.21. The Labute approximate surface area is 166 Å². The molecular weight excluding hydrogens is 360 g/mol. The third-order valence-electron chi connectivity index (χ3n) is 4.49. The second-order valence-electron chi connectivity index (χ2n) is 6.74. The van der Waals surface area contributed by atoms with Crippen molar-refractivity contribution >= 4 is 23.4 Å². The molecule has 1 atom stereocenters. The number of benzene rings is 2. The molecule has 0 aliphatic heterocycles. The molecule has 0 radical (unpaired) electrons. The van der Waals surface area contributed by atoms with Gasteiger partial charge < -0.3 is 10.2 Å². The SMILES string of the molecule is CCCNC(=O)[C@@H](C)N(Cc1ccc(C)cc1)C(=O)Cc1ccccc1Cl. The summed E-state index contributed by atoms with van der Waals surface area (Å²) in [6, 6.07) is 14.7. The fraction of sp³-hybridized carbons (Fsp3) is 0.364. The fourth-order valence-corrected chi connectivity index (χ4v) is 2.98. The van der Waals surface area contributed by atoms with E-state index in [1.165, 1.54) is 0 Å². The Morgan fingerprint density at radius 1 is 1.11 bits per heavy atom. The molecule has 0 fully saturated rings. The molecule has 4 nitrogen and oxygen atoms in total. The van der Waals surface area contributed by atoms with E-state index in [0.29, 0.717) is 18.1 Å². The summed E-state index contributed by atoms with van der Waals surface area (Å²) in [6.07, 6.45) is 1.01.